The number of amides is 1. The summed E-state index contributed by atoms with van der Waals surface area (Å²) in [6.07, 6.45) is 1.75. The molecule has 0 spiro atoms. The van der Waals surface area contributed by atoms with Crippen molar-refractivity contribution in [3.8, 4) is 0 Å². The third kappa shape index (κ3) is 3.68. The highest BCUT2D eigenvalue weighted by molar-refractivity contribution is 7.99. The molecule has 3 N–H and O–H groups in total. The van der Waals surface area contributed by atoms with Crippen molar-refractivity contribution < 1.29 is 4.79 Å². The monoisotopic (exact) mass is 314 g/mol. The average Bonchev–Trinajstić information content (AvgIpc) is 2.88. The molecule has 0 saturated carbocycles. The molecule has 20 heavy (non-hydrogen) atoms. The molecule has 0 saturated heterocycles. The Morgan fingerprint density at radius 2 is 2.05 bits per heavy atom. The molecule has 0 radical (unpaired) electrons. The summed E-state index contributed by atoms with van der Waals surface area (Å²) in [5.41, 5.74) is 7.09. The predicted molar refractivity (Wildman–Crippen MR) is 87.7 cm³/mol. The van der Waals surface area contributed by atoms with Gasteiger partial charge in [0.25, 0.3) is 0 Å². The van der Waals surface area contributed by atoms with Crippen LogP contribution in [0.5, 0.6) is 0 Å². The Balaban J connectivity index is 0.00000200. The smallest absolute Gasteiger partial charge is 0.228 e. The van der Waals surface area contributed by atoms with Crippen molar-refractivity contribution in [2.24, 2.45) is 5.73 Å². The number of nitrogens with one attached hydrogen (secondary N) is 1. The summed E-state index contributed by atoms with van der Waals surface area (Å²) < 4.78 is 0. The summed E-state index contributed by atoms with van der Waals surface area (Å²) in [5, 5.41) is 3.03. The van der Waals surface area contributed by atoms with Gasteiger partial charge in [0.2, 0.25) is 5.91 Å². The van der Waals surface area contributed by atoms with E-state index in [2.05, 4.69) is 31.3 Å². The zero-order chi connectivity index (χ0) is 13.9. The minimum absolute atomic E-state index is 0. The molecule has 1 aromatic carbocycles. The Morgan fingerprint density at radius 3 is 2.70 bits per heavy atom. The lowest BCUT2D eigenvalue weighted by Crippen LogP contribution is -2.50. The van der Waals surface area contributed by atoms with E-state index in [0.29, 0.717) is 6.54 Å². The van der Waals surface area contributed by atoms with E-state index >= 15 is 0 Å². The zero-order valence-corrected chi connectivity index (χ0v) is 13.7. The fourth-order valence-corrected chi connectivity index (χ4v) is 3.49. The van der Waals surface area contributed by atoms with Gasteiger partial charge in [0.05, 0.1) is 5.92 Å². The molecule has 0 bridgehead atoms. The van der Waals surface area contributed by atoms with Crippen LogP contribution in [0.1, 0.15) is 38.2 Å². The van der Waals surface area contributed by atoms with Crippen molar-refractivity contribution in [3.63, 3.8) is 0 Å². The molecule has 1 aromatic rings. The topological polar surface area (TPSA) is 55.1 Å². The van der Waals surface area contributed by atoms with Crippen molar-refractivity contribution >= 4 is 30.1 Å². The maximum Gasteiger partial charge on any atom is 0.228 e. The van der Waals surface area contributed by atoms with Crippen LogP contribution in [0.4, 0.5) is 0 Å². The number of halogens is 1. The van der Waals surface area contributed by atoms with Gasteiger partial charge in [-0.25, -0.2) is 0 Å². The molecule has 1 aliphatic rings. The SMILES string of the molecule is CCC(N)(CC)CNC(=O)C1CSc2ccccc21.Cl. The maximum absolute atomic E-state index is 12.3. The van der Waals surface area contributed by atoms with E-state index in [1.54, 1.807) is 11.8 Å². The second-order valence-electron chi connectivity index (χ2n) is 5.19. The van der Waals surface area contributed by atoms with Gasteiger partial charge in [-0.2, -0.15) is 0 Å². The summed E-state index contributed by atoms with van der Waals surface area (Å²) in [6.45, 7) is 4.69. The third-order valence-corrected chi connectivity index (χ3v) is 5.22. The lowest BCUT2D eigenvalue weighted by Gasteiger charge is -2.27. The van der Waals surface area contributed by atoms with E-state index in [0.717, 1.165) is 24.2 Å². The van der Waals surface area contributed by atoms with Gasteiger partial charge in [0, 0.05) is 22.7 Å². The van der Waals surface area contributed by atoms with Gasteiger partial charge in [0.15, 0.2) is 0 Å². The van der Waals surface area contributed by atoms with E-state index < -0.39 is 0 Å². The third-order valence-electron chi connectivity index (χ3n) is 4.04. The largest absolute Gasteiger partial charge is 0.354 e. The van der Waals surface area contributed by atoms with Crippen LogP contribution in [0.15, 0.2) is 29.2 Å². The van der Waals surface area contributed by atoms with Crippen molar-refractivity contribution in [3.05, 3.63) is 29.8 Å². The van der Waals surface area contributed by atoms with Crippen LogP contribution in [-0.4, -0.2) is 23.7 Å². The number of rotatable bonds is 5. The second kappa shape index (κ2) is 7.34. The van der Waals surface area contributed by atoms with Crippen LogP contribution in [0.25, 0.3) is 0 Å². The molecule has 1 aliphatic heterocycles. The van der Waals surface area contributed by atoms with Crippen LogP contribution in [0.3, 0.4) is 0 Å². The lowest BCUT2D eigenvalue weighted by atomic mass is 9.93. The second-order valence-corrected chi connectivity index (χ2v) is 6.25. The summed E-state index contributed by atoms with van der Waals surface area (Å²) in [4.78, 5) is 13.5. The van der Waals surface area contributed by atoms with Crippen LogP contribution in [0, 0.1) is 0 Å². The van der Waals surface area contributed by atoms with Crippen molar-refractivity contribution in [1.82, 2.24) is 5.32 Å². The van der Waals surface area contributed by atoms with Crippen molar-refractivity contribution in [2.75, 3.05) is 12.3 Å². The predicted octanol–water partition coefficient (Wildman–Crippen LogP) is 2.93. The molecule has 1 unspecified atom stereocenters. The van der Waals surface area contributed by atoms with Gasteiger partial charge in [-0.3, -0.25) is 4.79 Å². The Hall–Kier alpha value is -0.710. The fraction of sp³-hybridized carbons (Fsp3) is 0.533. The Morgan fingerprint density at radius 1 is 1.40 bits per heavy atom. The van der Waals surface area contributed by atoms with Crippen molar-refractivity contribution in [1.29, 1.82) is 0 Å². The lowest BCUT2D eigenvalue weighted by molar-refractivity contribution is -0.122. The highest BCUT2D eigenvalue weighted by Gasteiger charge is 2.30. The van der Waals surface area contributed by atoms with Gasteiger partial charge in [-0.15, -0.1) is 24.2 Å². The normalized spacial score (nSPS) is 17.2. The highest BCUT2D eigenvalue weighted by atomic mass is 35.5. The minimum Gasteiger partial charge on any atom is -0.354 e. The first-order chi connectivity index (χ1) is 9.09. The van der Waals surface area contributed by atoms with Crippen LogP contribution >= 0.6 is 24.2 Å². The fourth-order valence-electron chi connectivity index (χ4n) is 2.27. The van der Waals surface area contributed by atoms with E-state index in [9.17, 15) is 4.79 Å². The number of hydrogen-bond acceptors (Lipinski definition) is 3. The molecule has 1 amide bonds. The maximum atomic E-state index is 12.3. The standard InChI is InChI=1S/C15H22N2OS.ClH/c1-3-15(16,4-2)10-17-14(18)12-9-19-13-8-6-5-7-11(12)13;/h5-8,12H,3-4,9-10,16H2,1-2H3,(H,17,18);1H. The first-order valence-corrected chi connectivity index (χ1v) is 7.86. The zero-order valence-electron chi connectivity index (χ0n) is 12.0. The molecule has 5 heteroatoms. The first-order valence-electron chi connectivity index (χ1n) is 6.88. The molecule has 3 nitrogen and oxygen atoms in total. The number of benzene rings is 1. The van der Waals surface area contributed by atoms with Crippen LogP contribution in [-0.2, 0) is 4.79 Å². The summed E-state index contributed by atoms with van der Waals surface area (Å²) in [7, 11) is 0. The molecule has 1 heterocycles. The number of carbonyl (C=O) groups is 1. The minimum atomic E-state index is -0.277. The molecule has 2 rings (SSSR count). The molecule has 112 valence electrons. The highest BCUT2D eigenvalue weighted by Crippen LogP contribution is 2.39. The molecular weight excluding hydrogens is 292 g/mol. The Bertz CT molecular complexity index is 463. The van der Waals surface area contributed by atoms with Crippen LogP contribution in [0.2, 0.25) is 0 Å². The van der Waals surface area contributed by atoms with Gasteiger partial charge >= 0.3 is 0 Å². The van der Waals surface area contributed by atoms with Gasteiger partial charge in [0.1, 0.15) is 0 Å². The van der Waals surface area contributed by atoms with Gasteiger partial charge < -0.3 is 11.1 Å². The molecule has 0 fully saturated rings. The Labute approximate surface area is 131 Å². The van der Waals surface area contributed by atoms with E-state index in [1.165, 1.54) is 4.90 Å². The average molecular weight is 315 g/mol. The van der Waals surface area contributed by atoms with E-state index in [4.69, 9.17) is 5.73 Å². The summed E-state index contributed by atoms with van der Waals surface area (Å²) in [5.74, 6) is 0.911. The van der Waals surface area contributed by atoms with Gasteiger partial charge in [-0.1, -0.05) is 32.0 Å². The Kier molecular flexibility index (Phi) is 6.37. The van der Waals surface area contributed by atoms with E-state index in [1.807, 2.05) is 12.1 Å². The number of nitrogens with two attached hydrogens (primary N) is 1. The van der Waals surface area contributed by atoms with E-state index in [-0.39, 0.29) is 29.8 Å². The first kappa shape index (κ1) is 17.3. The number of hydrogen-bond donors (Lipinski definition) is 2. The molecule has 0 aromatic heterocycles. The number of fused-ring (bicyclic) bond motifs is 1. The number of thioether (sulfide) groups is 1. The van der Waals surface area contributed by atoms with Gasteiger partial charge in [-0.05, 0) is 24.5 Å². The molecule has 0 aliphatic carbocycles. The summed E-state index contributed by atoms with van der Waals surface area (Å²) >= 11 is 1.76. The number of carbonyl (C=O) groups excluding carboxylic acids is 1. The summed E-state index contributed by atoms with van der Waals surface area (Å²) in [6, 6.07) is 8.15. The quantitative estimate of drug-likeness (QED) is 0.878. The molecule has 1 atom stereocenters. The molecular formula is C15H23ClN2OS. The van der Waals surface area contributed by atoms with Crippen LogP contribution < -0.4 is 11.1 Å². The van der Waals surface area contributed by atoms with Crippen molar-refractivity contribution in [2.45, 2.75) is 43.0 Å².